The Labute approximate surface area is 121 Å². The monoisotopic (exact) mass is 281 g/mol. The lowest BCUT2D eigenvalue weighted by Gasteiger charge is -2.28. The molecule has 1 saturated heterocycles. The maximum absolute atomic E-state index is 6.32. The summed E-state index contributed by atoms with van der Waals surface area (Å²) >= 11 is 6.32. The summed E-state index contributed by atoms with van der Waals surface area (Å²) in [6, 6.07) is 4.13. The van der Waals surface area contributed by atoms with Crippen LogP contribution in [-0.4, -0.2) is 25.1 Å². The Morgan fingerprint density at radius 2 is 1.89 bits per heavy atom. The maximum Gasteiger partial charge on any atom is 0.128 e. The van der Waals surface area contributed by atoms with Crippen molar-refractivity contribution in [2.75, 3.05) is 20.2 Å². The van der Waals surface area contributed by atoms with Crippen molar-refractivity contribution in [1.29, 1.82) is 0 Å². The van der Waals surface area contributed by atoms with Crippen molar-refractivity contribution in [2.45, 2.75) is 45.6 Å². The number of rotatable bonds is 4. The number of piperidine rings is 1. The lowest BCUT2D eigenvalue weighted by atomic mass is 9.98. The third kappa shape index (κ3) is 3.43. The lowest BCUT2D eigenvalue weighted by molar-refractivity contribution is 0.218. The van der Waals surface area contributed by atoms with Gasteiger partial charge < -0.3 is 4.74 Å². The summed E-state index contributed by atoms with van der Waals surface area (Å²) in [5.74, 6) is 1.36. The third-order valence-corrected chi connectivity index (χ3v) is 4.18. The first-order valence-corrected chi connectivity index (χ1v) is 7.59. The average molecular weight is 282 g/mol. The van der Waals surface area contributed by atoms with Crippen LogP contribution in [0, 0.1) is 0 Å². The molecule has 1 aromatic carbocycles. The number of hydrogen-bond acceptors (Lipinski definition) is 2. The fourth-order valence-electron chi connectivity index (χ4n) is 2.88. The maximum atomic E-state index is 6.32. The van der Waals surface area contributed by atoms with Crippen LogP contribution in [0.4, 0.5) is 0 Å². The Bertz CT molecular complexity index is 425. The molecule has 0 unspecified atom stereocenters. The minimum atomic E-state index is 0.378. The van der Waals surface area contributed by atoms with Gasteiger partial charge in [0.2, 0.25) is 0 Å². The van der Waals surface area contributed by atoms with E-state index in [0.717, 1.165) is 22.9 Å². The standard InChI is InChI=1S/C16H24ClNO/c1-12(2)15-14(17)8-7-13(16(15)19-3)11-18-9-5-4-6-10-18/h7-8,12H,4-6,9-11H2,1-3H3. The number of halogens is 1. The minimum Gasteiger partial charge on any atom is -0.496 e. The van der Waals surface area contributed by atoms with Gasteiger partial charge in [-0.25, -0.2) is 0 Å². The molecule has 0 atom stereocenters. The van der Waals surface area contributed by atoms with Crippen LogP contribution in [-0.2, 0) is 6.54 Å². The summed E-state index contributed by atoms with van der Waals surface area (Å²) in [5, 5.41) is 0.814. The molecular formula is C16H24ClNO. The molecule has 0 N–H and O–H groups in total. The molecule has 1 aliphatic heterocycles. The fourth-order valence-corrected chi connectivity index (χ4v) is 3.25. The highest BCUT2D eigenvalue weighted by Gasteiger charge is 2.18. The topological polar surface area (TPSA) is 12.5 Å². The van der Waals surface area contributed by atoms with E-state index in [9.17, 15) is 0 Å². The van der Waals surface area contributed by atoms with E-state index in [1.807, 2.05) is 6.07 Å². The second-order valence-electron chi connectivity index (χ2n) is 5.64. The molecule has 1 heterocycles. The van der Waals surface area contributed by atoms with Crippen LogP contribution in [0.5, 0.6) is 5.75 Å². The van der Waals surface area contributed by atoms with E-state index in [2.05, 4.69) is 24.8 Å². The van der Waals surface area contributed by atoms with E-state index < -0.39 is 0 Å². The van der Waals surface area contributed by atoms with Crippen LogP contribution >= 0.6 is 11.6 Å². The molecule has 3 heteroatoms. The minimum absolute atomic E-state index is 0.378. The number of benzene rings is 1. The zero-order chi connectivity index (χ0) is 13.8. The first-order chi connectivity index (χ1) is 9.13. The van der Waals surface area contributed by atoms with Crippen molar-refractivity contribution in [3.63, 3.8) is 0 Å². The van der Waals surface area contributed by atoms with Gasteiger partial charge >= 0.3 is 0 Å². The SMILES string of the molecule is COc1c(CN2CCCCC2)ccc(Cl)c1C(C)C. The average Bonchev–Trinajstić information content (AvgIpc) is 2.41. The number of nitrogens with zero attached hydrogens (tertiary/aromatic N) is 1. The molecule has 2 rings (SSSR count). The number of ether oxygens (including phenoxy) is 1. The molecule has 0 bridgehead atoms. The Morgan fingerprint density at radius 3 is 2.47 bits per heavy atom. The van der Waals surface area contributed by atoms with Gasteiger partial charge in [0.05, 0.1) is 7.11 Å². The summed E-state index contributed by atoms with van der Waals surface area (Å²) in [7, 11) is 1.75. The van der Waals surface area contributed by atoms with Crippen molar-refractivity contribution in [1.82, 2.24) is 4.90 Å². The molecule has 19 heavy (non-hydrogen) atoms. The predicted octanol–water partition coefficient (Wildman–Crippen LogP) is 4.46. The molecule has 2 nitrogen and oxygen atoms in total. The molecule has 1 aliphatic rings. The Morgan fingerprint density at radius 1 is 1.21 bits per heavy atom. The van der Waals surface area contributed by atoms with Crippen LogP contribution < -0.4 is 4.74 Å². The van der Waals surface area contributed by atoms with Crippen molar-refractivity contribution < 1.29 is 4.74 Å². The van der Waals surface area contributed by atoms with Crippen molar-refractivity contribution in [3.05, 3.63) is 28.3 Å². The van der Waals surface area contributed by atoms with Crippen LogP contribution in [0.1, 0.15) is 50.2 Å². The number of methoxy groups -OCH3 is 1. The van der Waals surface area contributed by atoms with E-state index in [-0.39, 0.29) is 0 Å². The van der Waals surface area contributed by atoms with Crippen molar-refractivity contribution in [3.8, 4) is 5.75 Å². The van der Waals surface area contributed by atoms with Crippen LogP contribution in [0.3, 0.4) is 0 Å². The lowest BCUT2D eigenvalue weighted by Crippen LogP contribution is -2.29. The molecule has 0 saturated carbocycles. The summed E-state index contributed by atoms with van der Waals surface area (Å²) in [5.41, 5.74) is 2.40. The van der Waals surface area contributed by atoms with Crippen molar-refractivity contribution >= 4 is 11.6 Å². The normalized spacial score (nSPS) is 16.9. The van der Waals surface area contributed by atoms with E-state index in [0.29, 0.717) is 5.92 Å². The van der Waals surface area contributed by atoms with Gasteiger partial charge in [0.1, 0.15) is 5.75 Å². The van der Waals surface area contributed by atoms with Gasteiger partial charge in [-0.2, -0.15) is 0 Å². The zero-order valence-corrected chi connectivity index (χ0v) is 13.0. The molecule has 1 aromatic rings. The highest BCUT2D eigenvalue weighted by Crippen LogP contribution is 2.36. The second kappa shape index (κ2) is 6.62. The van der Waals surface area contributed by atoms with Gasteiger partial charge in [-0.15, -0.1) is 0 Å². The first-order valence-electron chi connectivity index (χ1n) is 7.21. The van der Waals surface area contributed by atoms with E-state index in [1.54, 1.807) is 7.11 Å². The Kier molecular flexibility index (Phi) is 5.12. The molecule has 106 valence electrons. The molecule has 0 aliphatic carbocycles. The van der Waals surface area contributed by atoms with Gasteiger partial charge in [0.15, 0.2) is 0 Å². The van der Waals surface area contributed by atoms with Crippen LogP contribution in [0.2, 0.25) is 5.02 Å². The third-order valence-electron chi connectivity index (χ3n) is 3.85. The van der Waals surface area contributed by atoms with E-state index in [1.165, 1.54) is 37.9 Å². The van der Waals surface area contributed by atoms with Gasteiger partial charge in [-0.3, -0.25) is 4.90 Å². The Hall–Kier alpha value is -0.730. The molecule has 0 aromatic heterocycles. The highest BCUT2D eigenvalue weighted by atomic mass is 35.5. The smallest absolute Gasteiger partial charge is 0.128 e. The molecule has 1 fully saturated rings. The fraction of sp³-hybridized carbons (Fsp3) is 0.625. The van der Waals surface area contributed by atoms with Crippen LogP contribution in [0.15, 0.2) is 12.1 Å². The van der Waals surface area contributed by atoms with E-state index in [4.69, 9.17) is 16.3 Å². The van der Waals surface area contributed by atoms with Crippen LogP contribution in [0.25, 0.3) is 0 Å². The van der Waals surface area contributed by atoms with Gasteiger partial charge in [0.25, 0.3) is 0 Å². The van der Waals surface area contributed by atoms with Gasteiger partial charge in [-0.05, 0) is 37.9 Å². The second-order valence-corrected chi connectivity index (χ2v) is 6.05. The molecule has 0 spiro atoms. The summed E-state index contributed by atoms with van der Waals surface area (Å²) in [4.78, 5) is 2.51. The Balaban J connectivity index is 2.26. The first kappa shape index (κ1) is 14.7. The van der Waals surface area contributed by atoms with Crippen molar-refractivity contribution in [2.24, 2.45) is 0 Å². The predicted molar refractivity (Wildman–Crippen MR) is 81.2 cm³/mol. The highest BCUT2D eigenvalue weighted by molar-refractivity contribution is 6.31. The largest absolute Gasteiger partial charge is 0.496 e. The molecule has 0 radical (unpaired) electrons. The summed E-state index contributed by atoms with van der Waals surface area (Å²) in [6.07, 6.45) is 3.99. The molecule has 0 amide bonds. The van der Waals surface area contributed by atoms with Gasteiger partial charge in [0, 0.05) is 22.7 Å². The quantitative estimate of drug-likeness (QED) is 0.808. The summed E-state index contributed by atoms with van der Waals surface area (Å²) < 4.78 is 5.65. The van der Waals surface area contributed by atoms with Gasteiger partial charge in [-0.1, -0.05) is 37.9 Å². The summed E-state index contributed by atoms with van der Waals surface area (Å²) in [6.45, 7) is 7.69. The number of likely N-dealkylation sites (tertiary alicyclic amines) is 1. The van der Waals surface area contributed by atoms with E-state index >= 15 is 0 Å². The number of hydrogen-bond donors (Lipinski definition) is 0. The zero-order valence-electron chi connectivity index (χ0n) is 12.2. The molecular weight excluding hydrogens is 258 g/mol.